The van der Waals surface area contributed by atoms with Gasteiger partial charge in [-0.05, 0) is 55.9 Å². The predicted octanol–water partition coefficient (Wildman–Crippen LogP) is 5.41. The SMILES string of the molecule is Cc1ccc2sc(N(Cc3ccccc3)C(=O)CCC3CCCO3)nc2c1C. The van der Waals surface area contributed by atoms with Crippen molar-refractivity contribution in [3.05, 3.63) is 59.2 Å². The fourth-order valence-corrected chi connectivity index (χ4v) is 4.69. The number of anilines is 1. The van der Waals surface area contributed by atoms with Crippen LogP contribution in [0.4, 0.5) is 5.13 Å². The predicted molar refractivity (Wildman–Crippen MR) is 115 cm³/mol. The van der Waals surface area contributed by atoms with Crippen LogP contribution < -0.4 is 4.90 Å². The van der Waals surface area contributed by atoms with Gasteiger partial charge in [0.05, 0.1) is 22.9 Å². The van der Waals surface area contributed by atoms with E-state index in [0.29, 0.717) is 13.0 Å². The first-order chi connectivity index (χ1) is 13.6. The molecule has 0 spiro atoms. The van der Waals surface area contributed by atoms with Crippen molar-refractivity contribution in [2.45, 2.75) is 52.2 Å². The lowest BCUT2D eigenvalue weighted by atomic mass is 10.1. The highest BCUT2D eigenvalue weighted by atomic mass is 32.1. The fraction of sp³-hybridized carbons (Fsp3) is 0.391. The minimum atomic E-state index is 0.118. The van der Waals surface area contributed by atoms with Crippen molar-refractivity contribution < 1.29 is 9.53 Å². The van der Waals surface area contributed by atoms with Gasteiger partial charge in [0.15, 0.2) is 5.13 Å². The monoisotopic (exact) mass is 394 g/mol. The van der Waals surface area contributed by atoms with Gasteiger partial charge in [-0.1, -0.05) is 47.7 Å². The molecule has 1 saturated heterocycles. The van der Waals surface area contributed by atoms with E-state index < -0.39 is 0 Å². The van der Waals surface area contributed by atoms with Crippen molar-refractivity contribution in [2.75, 3.05) is 11.5 Å². The Balaban J connectivity index is 1.62. The van der Waals surface area contributed by atoms with E-state index in [1.165, 1.54) is 11.1 Å². The zero-order chi connectivity index (χ0) is 19.5. The minimum Gasteiger partial charge on any atom is -0.378 e. The Morgan fingerprint density at radius 2 is 2.04 bits per heavy atom. The number of aromatic nitrogens is 1. The highest BCUT2D eigenvalue weighted by Gasteiger charge is 2.23. The van der Waals surface area contributed by atoms with Gasteiger partial charge in [0.2, 0.25) is 5.91 Å². The van der Waals surface area contributed by atoms with Crippen LogP contribution in [0.3, 0.4) is 0 Å². The topological polar surface area (TPSA) is 42.4 Å². The van der Waals surface area contributed by atoms with Gasteiger partial charge < -0.3 is 4.74 Å². The molecule has 146 valence electrons. The number of carbonyl (C=O) groups is 1. The number of carbonyl (C=O) groups excluding carboxylic acids is 1. The first-order valence-electron chi connectivity index (χ1n) is 9.94. The number of amides is 1. The van der Waals surface area contributed by atoms with Gasteiger partial charge in [-0.15, -0.1) is 0 Å². The number of benzene rings is 2. The van der Waals surface area contributed by atoms with E-state index in [2.05, 4.69) is 38.1 Å². The standard InChI is InChI=1S/C23H26N2O2S/c1-16-10-12-20-22(17(16)2)24-23(28-20)25(15-18-7-4-3-5-8-18)21(26)13-11-19-9-6-14-27-19/h3-5,7-8,10,12,19H,6,9,11,13-15H2,1-2H3. The summed E-state index contributed by atoms with van der Waals surface area (Å²) >= 11 is 1.60. The average Bonchev–Trinajstić information content (AvgIpc) is 3.38. The molecule has 0 bridgehead atoms. The minimum absolute atomic E-state index is 0.118. The second-order valence-electron chi connectivity index (χ2n) is 7.49. The Morgan fingerprint density at radius 3 is 2.79 bits per heavy atom. The summed E-state index contributed by atoms with van der Waals surface area (Å²) in [7, 11) is 0. The van der Waals surface area contributed by atoms with E-state index in [1.54, 1.807) is 11.3 Å². The van der Waals surface area contributed by atoms with Crippen molar-refractivity contribution >= 4 is 32.6 Å². The van der Waals surface area contributed by atoms with Gasteiger partial charge in [0, 0.05) is 13.0 Å². The lowest BCUT2D eigenvalue weighted by molar-refractivity contribution is -0.119. The molecule has 1 amide bonds. The molecular weight excluding hydrogens is 368 g/mol. The fourth-order valence-electron chi connectivity index (χ4n) is 3.65. The Morgan fingerprint density at radius 1 is 1.21 bits per heavy atom. The Kier molecular flexibility index (Phi) is 5.74. The number of aryl methyl sites for hydroxylation is 2. The van der Waals surface area contributed by atoms with Crippen LogP contribution in [0.25, 0.3) is 10.2 Å². The van der Waals surface area contributed by atoms with E-state index in [0.717, 1.165) is 46.8 Å². The third-order valence-corrected chi connectivity index (χ3v) is 6.54. The highest BCUT2D eigenvalue weighted by Crippen LogP contribution is 2.33. The quantitative estimate of drug-likeness (QED) is 0.562. The number of thiazole rings is 1. The van der Waals surface area contributed by atoms with E-state index in [1.807, 2.05) is 23.1 Å². The number of fused-ring (bicyclic) bond motifs is 1. The van der Waals surface area contributed by atoms with Crippen LogP contribution >= 0.6 is 11.3 Å². The van der Waals surface area contributed by atoms with Gasteiger partial charge in [-0.2, -0.15) is 0 Å². The molecule has 1 aliphatic rings. The van der Waals surface area contributed by atoms with E-state index in [9.17, 15) is 4.79 Å². The summed E-state index contributed by atoms with van der Waals surface area (Å²) < 4.78 is 6.83. The van der Waals surface area contributed by atoms with Crippen LogP contribution in [0.15, 0.2) is 42.5 Å². The molecule has 3 aromatic rings. The normalized spacial score (nSPS) is 16.6. The van der Waals surface area contributed by atoms with Crippen molar-refractivity contribution in [1.82, 2.24) is 4.98 Å². The lowest BCUT2D eigenvalue weighted by Crippen LogP contribution is -2.30. The highest BCUT2D eigenvalue weighted by molar-refractivity contribution is 7.22. The molecule has 28 heavy (non-hydrogen) atoms. The summed E-state index contributed by atoms with van der Waals surface area (Å²) in [6.07, 6.45) is 3.66. The van der Waals surface area contributed by atoms with E-state index >= 15 is 0 Å². The number of ether oxygens (including phenoxy) is 1. The Bertz CT molecular complexity index is 961. The summed E-state index contributed by atoms with van der Waals surface area (Å²) in [5.41, 5.74) is 4.53. The molecule has 4 nitrogen and oxygen atoms in total. The van der Waals surface area contributed by atoms with Gasteiger partial charge >= 0.3 is 0 Å². The first kappa shape index (κ1) is 19.1. The molecule has 0 N–H and O–H groups in total. The Labute approximate surface area is 170 Å². The van der Waals surface area contributed by atoms with Crippen molar-refractivity contribution in [1.29, 1.82) is 0 Å². The molecule has 1 fully saturated rings. The molecule has 1 aromatic heterocycles. The summed E-state index contributed by atoms with van der Waals surface area (Å²) in [6.45, 7) is 5.57. The summed E-state index contributed by atoms with van der Waals surface area (Å²) in [5.74, 6) is 0.118. The zero-order valence-electron chi connectivity index (χ0n) is 16.5. The summed E-state index contributed by atoms with van der Waals surface area (Å²) in [6, 6.07) is 14.4. The molecule has 0 radical (unpaired) electrons. The second-order valence-corrected chi connectivity index (χ2v) is 8.50. The average molecular weight is 395 g/mol. The molecule has 2 aromatic carbocycles. The van der Waals surface area contributed by atoms with Gasteiger partial charge in [0.25, 0.3) is 0 Å². The maximum Gasteiger partial charge on any atom is 0.229 e. The summed E-state index contributed by atoms with van der Waals surface area (Å²) in [5, 5.41) is 0.782. The van der Waals surface area contributed by atoms with Crippen LogP contribution in [0, 0.1) is 13.8 Å². The molecule has 1 atom stereocenters. The van der Waals surface area contributed by atoms with Crippen LogP contribution in [-0.2, 0) is 16.1 Å². The molecule has 1 aliphatic heterocycles. The largest absolute Gasteiger partial charge is 0.378 e. The number of rotatable bonds is 6. The lowest BCUT2D eigenvalue weighted by Gasteiger charge is -2.21. The van der Waals surface area contributed by atoms with Gasteiger partial charge in [-0.3, -0.25) is 9.69 Å². The van der Waals surface area contributed by atoms with Crippen LogP contribution in [0.1, 0.15) is 42.4 Å². The molecule has 1 unspecified atom stereocenters. The van der Waals surface area contributed by atoms with Crippen LogP contribution in [-0.4, -0.2) is 23.6 Å². The summed E-state index contributed by atoms with van der Waals surface area (Å²) in [4.78, 5) is 19.9. The second kappa shape index (κ2) is 8.41. The van der Waals surface area contributed by atoms with E-state index in [4.69, 9.17) is 9.72 Å². The smallest absolute Gasteiger partial charge is 0.229 e. The molecular formula is C23H26N2O2S. The molecule has 0 aliphatic carbocycles. The van der Waals surface area contributed by atoms with Crippen molar-refractivity contribution in [3.63, 3.8) is 0 Å². The third kappa shape index (κ3) is 4.10. The number of nitrogens with zero attached hydrogens (tertiary/aromatic N) is 2. The van der Waals surface area contributed by atoms with Crippen LogP contribution in [0.5, 0.6) is 0 Å². The third-order valence-electron chi connectivity index (χ3n) is 5.49. The van der Waals surface area contributed by atoms with Gasteiger partial charge in [0.1, 0.15) is 0 Å². The van der Waals surface area contributed by atoms with Gasteiger partial charge in [-0.25, -0.2) is 4.98 Å². The Hall–Kier alpha value is -2.24. The van der Waals surface area contributed by atoms with Crippen molar-refractivity contribution in [2.24, 2.45) is 0 Å². The van der Waals surface area contributed by atoms with Crippen LogP contribution in [0.2, 0.25) is 0 Å². The van der Waals surface area contributed by atoms with E-state index in [-0.39, 0.29) is 12.0 Å². The number of hydrogen-bond acceptors (Lipinski definition) is 4. The first-order valence-corrected chi connectivity index (χ1v) is 10.8. The maximum absolute atomic E-state index is 13.2. The maximum atomic E-state index is 13.2. The van der Waals surface area contributed by atoms with Crippen molar-refractivity contribution in [3.8, 4) is 0 Å². The molecule has 0 saturated carbocycles. The zero-order valence-corrected chi connectivity index (χ0v) is 17.3. The molecule has 4 rings (SSSR count). The number of hydrogen-bond donors (Lipinski definition) is 0. The molecule has 5 heteroatoms. The molecule has 2 heterocycles.